The Hall–Kier alpha value is -2.51. The smallest absolute Gasteiger partial charge is 0.296 e. The van der Waals surface area contributed by atoms with Gasteiger partial charge < -0.3 is 19.7 Å². The largest absolute Gasteiger partial charge is 0.493 e. The summed E-state index contributed by atoms with van der Waals surface area (Å²) in [5.41, 5.74) is 0.0845. The van der Waals surface area contributed by atoms with Gasteiger partial charge >= 0.3 is 0 Å². The van der Waals surface area contributed by atoms with E-state index >= 15 is 0 Å². The summed E-state index contributed by atoms with van der Waals surface area (Å²) in [7, 11) is 4.55. The van der Waals surface area contributed by atoms with E-state index in [9.17, 15) is 14.9 Å². The second-order valence-electron chi connectivity index (χ2n) is 4.73. The van der Waals surface area contributed by atoms with Crippen molar-refractivity contribution in [2.45, 2.75) is 12.5 Å². The molecule has 8 heteroatoms. The normalized spacial score (nSPS) is 17.8. The molecule has 1 aliphatic heterocycles. The molecule has 8 nitrogen and oxygen atoms in total. The first-order chi connectivity index (χ1) is 9.97. The van der Waals surface area contributed by atoms with E-state index in [1.54, 1.807) is 11.9 Å². The highest BCUT2D eigenvalue weighted by atomic mass is 16.6. The summed E-state index contributed by atoms with van der Waals surface area (Å²) in [6.07, 6.45) is 0.598. The van der Waals surface area contributed by atoms with Gasteiger partial charge in [0.05, 0.1) is 25.2 Å². The molecule has 0 aromatic heterocycles. The summed E-state index contributed by atoms with van der Waals surface area (Å²) in [5.74, 6) is 0.549. The number of carbonyl (C=O) groups is 1. The minimum absolute atomic E-state index is 0.0842. The van der Waals surface area contributed by atoms with Crippen LogP contribution in [0.25, 0.3) is 0 Å². The minimum atomic E-state index is -0.520. The molecule has 1 fully saturated rings. The van der Waals surface area contributed by atoms with E-state index in [4.69, 9.17) is 9.47 Å². The highest BCUT2D eigenvalue weighted by Gasteiger charge is 2.31. The van der Waals surface area contributed by atoms with Crippen molar-refractivity contribution in [1.29, 1.82) is 0 Å². The van der Waals surface area contributed by atoms with Crippen LogP contribution in [0.1, 0.15) is 6.42 Å². The Morgan fingerprint density at radius 3 is 2.43 bits per heavy atom. The predicted molar refractivity (Wildman–Crippen MR) is 75.9 cm³/mol. The molecule has 0 aliphatic carbocycles. The number of hydrogen-bond donors (Lipinski definition) is 1. The Bertz CT molecular complexity index is 575. The van der Waals surface area contributed by atoms with E-state index in [-0.39, 0.29) is 23.0 Å². The molecule has 1 amide bonds. The minimum Gasteiger partial charge on any atom is -0.493 e. The SMILES string of the molecule is COc1cc(NC2CCN(C)C2=O)c([N+](=O)[O-])cc1OC. The van der Waals surface area contributed by atoms with Crippen molar-refractivity contribution in [3.05, 3.63) is 22.2 Å². The van der Waals surface area contributed by atoms with Gasteiger partial charge in [0.2, 0.25) is 5.91 Å². The average Bonchev–Trinajstić information content (AvgIpc) is 2.78. The second-order valence-corrected chi connectivity index (χ2v) is 4.73. The number of likely N-dealkylation sites (N-methyl/N-ethyl adjacent to an activating group) is 1. The molecule has 1 aromatic carbocycles. The number of methoxy groups -OCH3 is 2. The van der Waals surface area contributed by atoms with Crippen LogP contribution in [0.5, 0.6) is 11.5 Å². The van der Waals surface area contributed by atoms with Crippen molar-refractivity contribution in [1.82, 2.24) is 4.90 Å². The maximum Gasteiger partial charge on any atom is 0.296 e. The lowest BCUT2D eigenvalue weighted by Gasteiger charge is -2.15. The maximum absolute atomic E-state index is 11.9. The standard InChI is InChI=1S/C13H17N3O5/c1-15-5-4-8(13(15)17)14-9-6-11(20-2)12(21-3)7-10(9)16(18)19/h6-8,14H,4-5H2,1-3H3. The van der Waals surface area contributed by atoms with Gasteiger partial charge in [-0.1, -0.05) is 0 Å². The monoisotopic (exact) mass is 295 g/mol. The Kier molecular flexibility index (Phi) is 4.15. The first kappa shape index (κ1) is 14.9. The van der Waals surface area contributed by atoms with Crippen LogP contribution in [-0.2, 0) is 4.79 Å². The molecule has 2 rings (SSSR count). The molecular formula is C13H17N3O5. The van der Waals surface area contributed by atoms with Crippen molar-refractivity contribution in [2.75, 3.05) is 33.1 Å². The first-order valence-corrected chi connectivity index (χ1v) is 6.39. The third-order valence-electron chi connectivity index (χ3n) is 3.46. The summed E-state index contributed by atoms with van der Waals surface area (Å²) >= 11 is 0. The second kappa shape index (κ2) is 5.86. The highest BCUT2D eigenvalue weighted by molar-refractivity contribution is 5.87. The number of nitrogens with zero attached hydrogens (tertiary/aromatic N) is 2. The predicted octanol–water partition coefficient (Wildman–Crippen LogP) is 1.25. The Morgan fingerprint density at radius 2 is 1.95 bits per heavy atom. The summed E-state index contributed by atoms with van der Waals surface area (Å²) in [6.45, 7) is 0.623. The van der Waals surface area contributed by atoms with Gasteiger partial charge in [-0.25, -0.2) is 0 Å². The number of nitro benzene ring substituents is 1. The Labute approximate surface area is 121 Å². The molecule has 0 saturated carbocycles. The zero-order chi connectivity index (χ0) is 15.6. The third kappa shape index (κ3) is 2.83. The Morgan fingerprint density at radius 1 is 1.33 bits per heavy atom. The topological polar surface area (TPSA) is 93.9 Å². The number of likely N-dealkylation sites (tertiary alicyclic amines) is 1. The van der Waals surface area contributed by atoms with Crippen molar-refractivity contribution in [3.63, 3.8) is 0 Å². The van der Waals surface area contributed by atoms with E-state index in [1.165, 1.54) is 26.4 Å². The highest BCUT2D eigenvalue weighted by Crippen LogP contribution is 2.38. The van der Waals surface area contributed by atoms with Crippen molar-refractivity contribution in [3.8, 4) is 11.5 Å². The van der Waals surface area contributed by atoms with Crippen LogP contribution in [0.4, 0.5) is 11.4 Å². The van der Waals surface area contributed by atoms with Crippen molar-refractivity contribution >= 4 is 17.3 Å². The molecule has 1 unspecified atom stereocenters. The molecule has 21 heavy (non-hydrogen) atoms. The first-order valence-electron chi connectivity index (χ1n) is 6.39. The summed E-state index contributed by atoms with van der Waals surface area (Å²) in [4.78, 5) is 24.2. The molecule has 0 radical (unpaired) electrons. The zero-order valence-electron chi connectivity index (χ0n) is 12.1. The van der Waals surface area contributed by atoms with Crippen LogP contribution in [0.15, 0.2) is 12.1 Å². The quantitative estimate of drug-likeness (QED) is 0.649. The number of hydrogen-bond acceptors (Lipinski definition) is 6. The molecule has 1 atom stereocenters. The molecule has 1 saturated heterocycles. The van der Waals surface area contributed by atoms with Crippen LogP contribution >= 0.6 is 0 Å². The summed E-state index contributed by atoms with van der Waals surface area (Å²) < 4.78 is 10.2. The molecule has 0 spiro atoms. The van der Waals surface area contributed by atoms with E-state index in [1.807, 2.05) is 0 Å². The molecule has 0 bridgehead atoms. The Balaban J connectivity index is 2.37. The number of benzene rings is 1. The molecular weight excluding hydrogens is 278 g/mol. The van der Waals surface area contributed by atoms with Crippen LogP contribution in [0, 0.1) is 10.1 Å². The van der Waals surface area contributed by atoms with Crippen molar-refractivity contribution < 1.29 is 19.2 Å². The van der Waals surface area contributed by atoms with Gasteiger partial charge in [0.15, 0.2) is 11.5 Å². The fourth-order valence-corrected chi connectivity index (χ4v) is 2.28. The van der Waals surface area contributed by atoms with E-state index < -0.39 is 11.0 Å². The average molecular weight is 295 g/mol. The van der Waals surface area contributed by atoms with Crippen molar-refractivity contribution in [2.24, 2.45) is 0 Å². The van der Waals surface area contributed by atoms with E-state index in [0.717, 1.165) is 0 Å². The molecule has 1 heterocycles. The number of ether oxygens (including phenoxy) is 2. The van der Waals surface area contributed by atoms with Gasteiger partial charge in [0.25, 0.3) is 5.69 Å². The lowest BCUT2D eigenvalue weighted by molar-refractivity contribution is -0.384. The van der Waals surface area contributed by atoms with Gasteiger partial charge in [-0.15, -0.1) is 0 Å². The molecule has 1 aliphatic rings. The number of nitro groups is 1. The number of nitrogens with one attached hydrogen (secondary N) is 1. The maximum atomic E-state index is 11.9. The lowest BCUT2D eigenvalue weighted by atomic mass is 10.2. The van der Waals surface area contributed by atoms with E-state index in [2.05, 4.69) is 5.32 Å². The number of carbonyl (C=O) groups excluding carboxylic acids is 1. The molecule has 114 valence electrons. The van der Waals surface area contributed by atoms with Gasteiger partial charge in [-0.2, -0.15) is 0 Å². The lowest BCUT2D eigenvalue weighted by Crippen LogP contribution is -2.31. The van der Waals surface area contributed by atoms with Crippen LogP contribution in [-0.4, -0.2) is 49.6 Å². The van der Waals surface area contributed by atoms with Crippen LogP contribution < -0.4 is 14.8 Å². The fraction of sp³-hybridized carbons (Fsp3) is 0.462. The fourth-order valence-electron chi connectivity index (χ4n) is 2.28. The van der Waals surface area contributed by atoms with Gasteiger partial charge in [-0.05, 0) is 6.42 Å². The van der Waals surface area contributed by atoms with Gasteiger partial charge in [0, 0.05) is 19.7 Å². The molecule has 1 N–H and O–H groups in total. The van der Waals surface area contributed by atoms with Gasteiger partial charge in [0.1, 0.15) is 11.7 Å². The number of amides is 1. The zero-order valence-corrected chi connectivity index (χ0v) is 12.1. The summed E-state index contributed by atoms with van der Waals surface area (Å²) in [6, 6.07) is 2.29. The molecule has 1 aromatic rings. The third-order valence-corrected chi connectivity index (χ3v) is 3.46. The van der Waals surface area contributed by atoms with Crippen LogP contribution in [0.2, 0.25) is 0 Å². The number of rotatable bonds is 5. The van der Waals surface area contributed by atoms with Gasteiger partial charge in [-0.3, -0.25) is 14.9 Å². The number of anilines is 1. The van der Waals surface area contributed by atoms with E-state index in [0.29, 0.717) is 18.7 Å². The van der Waals surface area contributed by atoms with Crippen LogP contribution in [0.3, 0.4) is 0 Å². The summed E-state index contributed by atoms with van der Waals surface area (Å²) in [5, 5.41) is 14.1.